The molecule has 0 aliphatic rings. The molecule has 0 spiro atoms. The van der Waals surface area contributed by atoms with Gasteiger partial charge in [0.05, 0.1) is 0 Å². The molecule has 0 unspecified atom stereocenters. The Morgan fingerprint density at radius 2 is 2.06 bits per heavy atom. The Bertz CT molecular complexity index is 326. The van der Waals surface area contributed by atoms with Gasteiger partial charge in [0.15, 0.2) is 0 Å². The number of aliphatic hydroxyl groups excluding tert-OH is 1. The minimum Gasteiger partial charge on any atom is -0.396 e. The third-order valence-corrected chi connectivity index (χ3v) is 2.66. The molecule has 0 saturated heterocycles. The molecule has 0 aliphatic carbocycles. The Labute approximate surface area is 102 Å². The maximum atomic E-state index is 9.10. The lowest BCUT2D eigenvalue weighted by atomic mass is 10.0. The highest BCUT2D eigenvalue weighted by molar-refractivity contribution is 6.29. The van der Waals surface area contributed by atoms with Gasteiger partial charge in [-0.05, 0) is 19.0 Å². The van der Waals surface area contributed by atoms with Gasteiger partial charge in [-0.1, -0.05) is 48.5 Å². The normalized spacial score (nSPS) is 12.8. The lowest BCUT2D eigenvalue weighted by Crippen LogP contribution is -2.26. The summed E-state index contributed by atoms with van der Waals surface area (Å²) < 4.78 is 0. The number of aliphatic hydroxyl groups is 1. The monoisotopic (exact) mass is 239 g/mol. The topological polar surface area (TPSA) is 23.5 Å². The van der Waals surface area contributed by atoms with Crippen molar-refractivity contribution in [1.82, 2.24) is 4.90 Å². The molecule has 1 N–H and O–H groups in total. The zero-order chi connectivity index (χ0) is 12.0. The van der Waals surface area contributed by atoms with E-state index >= 15 is 0 Å². The van der Waals surface area contributed by atoms with Gasteiger partial charge in [-0.2, -0.15) is 0 Å². The second kappa shape index (κ2) is 6.69. The van der Waals surface area contributed by atoms with Crippen molar-refractivity contribution >= 4 is 11.6 Å². The van der Waals surface area contributed by atoms with Gasteiger partial charge in [-0.3, -0.25) is 4.90 Å². The standard InChI is InChI=1S/C13H18ClNO/c1-11(14)10-15(2)13(8-9-16)12-6-4-3-5-7-12/h3-7,13,16H,1,8-10H2,2H3/t13-/m0/s1. The quantitative estimate of drug-likeness (QED) is 0.825. The zero-order valence-corrected chi connectivity index (χ0v) is 10.3. The fourth-order valence-electron chi connectivity index (χ4n) is 1.82. The summed E-state index contributed by atoms with van der Waals surface area (Å²) in [5.41, 5.74) is 1.19. The van der Waals surface area contributed by atoms with E-state index in [1.807, 2.05) is 25.2 Å². The van der Waals surface area contributed by atoms with Crippen molar-refractivity contribution in [2.24, 2.45) is 0 Å². The van der Waals surface area contributed by atoms with Crippen LogP contribution >= 0.6 is 11.6 Å². The Kier molecular flexibility index (Phi) is 5.53. The number of hydrogen-bond donors (Lipinski definition) is 1. The smallest absolute Gasteiger partial charge is 0.0449 e. The minimum absolute atomic E-state index is 0.165. The summed E-state index contributed by atoms with van der Waals surface area (Å²) in [6.45, 7) is 4.48. The van der Waals surface area contributed by atoms with E-state index in [9.17, 15) is 0 Å². The van der Waals surface area contributed by atoms with Crippen molar-refractivity contribution in [2.45, 2.75) is 12.5 Å². The molecule has 0 amide bonds. The first-order valence-corrected chi connectivity index (χ1v) is 5.72. The van der Waals surface area contributed by atoms with Crippen LogP contribution in [0.1, 0.15) is 18.0 Å². The van der Waals surface area contributed by atoms with Crippen LogP contribution in [-0.2, 0) is 0 Å². The van der Waals surface area contributed by atoms with Crippen LogP contribution in [0.2, 0.25) is 0 Å². The molecule has 1 rings (SSSR count). The van der Waals surface area contributed by atoms with E-state index in [1.165, 1.54) is 5.56 Å². The first kappa shape index (κ1) is 13.2. The van der Waals surface area contributed by atoms with E-state index in [1.54, 1.807) is 0 Å². The largest absolute Gasteiger partial charge is 0.396 e. The van der Waals surface area contributed by atoms with Crippen LogP contribution in [-0.4, -0.2) is 30.2 Å². The molecule has 3 heteroatoms. The molecule has 1 atom stereocenters. The summed E-state index contributed by atoms with van der Waals surface area (Å²) in [6, 6.07) is 10.3. The van der Waals surface area contributed by atoms with Gasteiger partial charge in [0, 0.05) is 24.2 Å². The summed E-state index contributed by atoms with van der Waals surface area (Å²) in [4.78, 5) is 2.10. The number of nitrogens with zero attached hydrogens (tertiary/aromatic N) is 1. The molecule has 0 bridgehead atoms. The van der Waals surface area contributed by atoms with E-state index < -0.39 is 0 Å². The second-order valence-electron chi connectivity index (χ2n) is 3.87. The van der Waals surface area contributed by atoms with Crippen molar-refractivity contribution in [3.63, 3.8) is 0 Å². The number of benzene rings is 1. The SMILES string of the molecule is C=C(Cl)CN(C)[C@@H](CCO)c1ccccc1. The molecule has 88 valence electrons. The van der Waals surface area contributed by atoms with Gasteiger partial charge in [0.1, 0.15) is 0 Å². The van der Waals surface area contributed by atoms with E-state index in [-0.39, 0.29) is 12.6 Å². The third kappa shape index (κ3) is 3.97. The predicted molar refractivity (Wildman–Crippen MR) is 68.5 cm³/mol. The molecule has 16 heavy (non-hydrogen) atoms. The highest BCUT2D eigenvalue weighted by atomic mass is 35.5. The lowest BCUT2D eigenvalue weighted by molar-refractivity contribution is 0.197. The molecule has 1 aromatic rings. The van der Waals surface area contributed by atoms with Gasteiger partial charge in [-0.15, -0.1) is 0 Å². The minimum atomic E-state index is 0.165. The van der Waals surface area contributed by atoms with Crippen LogP contribution in [0.4, 0.5) is 0 Å². The van der Waals surface area contributed by atoms with E-state index in [2.05, 4.69) is 23.6 Å². The molecule has 2 nitrogen and oxygen atoms in total. The highest BCUT2D eigenvalue weighted by Gasteiger charge is 2.16. The van der Waals surface area contributed by atoms with Crippen molar-refractivity contribution in [3.8, 4) is 0 Å². The highest BCUT2D eigenvalue weighted by Crippen LogP contribution is 2.23. The van der Waals surface area contributed by atoms with Gasteiger partial charge in [0.2, 0.25) is 0 Å². The zero-order valence-electron chi connectivity index (χ0n) is 9.56. The molecule has 0 fully saturated rings. The maximum Gasteiger partial charge on any atom is 0.0449 e. The molecule has 0 aromatic heterocycles. The summed E-state index contributed by atoms with van der Waals surface area (Å²) >= 11 is 5.81. The summed E-state index contributed by atoms with van der Waals surface area (Å²) in [5, 5.41) is 9.71. The number of hydrogen-bond acceptors (Lipinski definition) is 2. The summed E-state index contributed by atoms with van der Waals surface area (Å²) in [5.74, 6) is 0. The van der Waals surface area contributed by atoms with Crippen molar-refractivity contribution in [2.75, 3.05) is 20.2 Å². The van der Waals surface area contributed by atoms with Gasteiger partial charge in [0.25, 0.3) is 0 Å². The molecule has 0 heterocycles. The van der Waals surface area contributed by atoms with E-state index in [0.29, 0.717) is 18.0 Å². The average Bonchev–Trinajstić information content (AvgIpc) is 2.26. The Morgan fingerprint density at radius 1 is 1.44 bits per heavy atom. The van der Waals surface area contributed by atoms with Crippen molar-refractivity contribution in [1.29, 1.82) is 0 Å². The van der Waals surface area contributed by atoms with E-state index in [0.717, 1.165) is 0 Å². The second-order valence-corrected chi connectivity index (χ2v) is 4.41. The molecule has 0 aliphatic heterocycles. The molecule has 1 aromatic carbocycles. The number of halogens is 1. The van der Waals surface area contributed by atoms with Crippen LogP contribution in [0.5, 0.6) is 0 Å². The van der Waals surface area contributed by atoms with Crippen molar-refractivity contribution in [3.05, 3.63) is 47.5 Å². The van der Waals surface area contributed by atoms with Crippen LogP contribution in [0.25, 0.3) is 0 Å². The average molecular weight is 240 g/mol. The first-order chi connectivity index (χ1) is 7.65. The van der Waals surface area contributed by atoms with Gasteiger partial charge < -0.3 is 5.11 Å². The Morgan fingerprint density at radius 3 is 2.56 bits per heavy atom. The molecular weight excluding hydrogens is 222 g/mol. The number of rotatable bonds is 6. The van der Waals surface area contributed by atoms with Crippen LogP contribution in [0.15, 0.2) is 41.9 Å². The Hall–Kier alpha value is -0.830. The van der Waals surface area contributed by atoms with Crippen LogP contribution in [0, 0.1) is 0 Å². The van der Waals surface area contributed by atoms with E-state index in [4.69, 9.17) is 16.7 Å². The third-order valence-electron chi connectivity index (χ3n) is 2.54. The first-order valence-electron chi connectivity index (χ1n) is 5.34. The maximum absolute atomic E-state index is 9.10. The fraction of sp³-hybridized carbons (Fsp3) is 0.385. The van der Waals surface area contributed by atoms with Crippen LogP contribution < -0.4 is 0 Å². The lowest BCUT2D eigenvalue weighted by Gasteiger charge is -2.27. The summed E-state index contributed by atoms with van der Waals surface area (Å²) in [6.07, 6.45) is 0.699. The van der Waals surface area contributed by atoms with Gasteiger partial charge in [-0.25, -0.2) is 0 Å². The molecular formula is C13H18ClNO. The molecule has 0 radical (unpaired) electrons. The fourth-order valence-corrected chi connectivity index (χ4v) is 2.01. The summed E-state index contributed by atoms with van der Waals surface area (Å²) in [7, 11) is 1.99. The van der Waals surface area contributed by atoms with Crippen molar-refractivity contribution < 1.29 is 5.11 Å². The predicted octanol–water partition coefficient (Wildman–Crippen LogP) is 2.79. The Balaban J connectivity index is 2.78. The number of likely N-dealkylation sites (N-methyl/N-ethyl adjacent to an activating group) is 1. The molecule has 0 saturated carbocycles. The van der Waals surface area contributed by atoms with Crippen LogP contribution in [0.3, 0.4) is 0 Å². The van der Waals surface area contributed by atoms with Gasteiger partial charge >= 0.3 is 0 Å².